The van der Waals surface area contributed by atoms with Crippen LogP contribution in [0.15, 0.2) is 77.2 Å². The molecule has 0 aliphatic heterocycles. The summed E-state index contributed by atoms with van der Waals surface area (Å²) >= 11 is 0. The molecule has 4 rings (SSSR count). The van der Waals surface area contributed by atoms with Crippen molar-refractivity contribution in [3.63, 3.8) is 0 Å². The Hall–Kier alpha value is -3.13. The van der Waals surface area contributed by atoms with Gasteiger partial charge in [0.25, 0.3) is 0 Å². The lowest BCUT2D eigenvalue weighted by Gasteiger charge is -1.99. The lowest BCUT2D eigenvalue weighted by atomic mass is 10.1. The molecule has 0 spiro atoms. The molecule has 0 radical (unpaired) electrons. The van der Waals surface area contributed by atoms with Crippen LogP contribution in [0.4, 0.5) is 0 Å². The van der Waals surface area contributed by atoms with Gasteiger partial charge in [0.15, 0.2) is 5.58 Å². The highest BCUT2D eigenvalue weighted by molar-refractivity contribution is 5.82. The second-order valence-electron chi connectivity index (χ2n) is 5.84. The molecule has 3 aromatic carbocycles. The van der Waals surface area contributed by atoms with Crippen molar-refractivity contribution in [2.75, 3.05) is 0 Å². The van der Waals surface area contributed by atoms with E-state index in [9.17, 15) is 0 Å². The van der Waals surface area contributed by atoms with E-state index in [1.165, 1.54) is 11.1 Å². The number of rotatable bonds is 3. The van der Waals surface area contributed by atoms with E-state index in [1.807, 2.05) is 50.3 Å². The zero-order valence-corrected chi connectivity index (χ0v) is 15.4. The van der Waals surface area contributed by atoms with Crippen molar-refractivity contribution >= 4 is 23.3 Å². The molecule has 0 fully saturated rings. The number of aromatic nitrogens is 1. The van der Waals surface area contributed by atoms with Crippen LogP contribution >= 0.6 is 0 Å². The Morgan fingerprint density at radius 1 is 0.769 bits per heavy atom. The second kappa shape index (κ2) is 8.30. The van der Waals surface area contributed by atoms with Gasteiger partial charge in [-0.3, -0.25) is 0 Å². The first-order valence-electron chi connectivity index (χ1n) is 8.99. The second-order valence-corrected chi connectivity index (χ2v) is 5.84. The van der Waals surface area contributed by atoms with Gasteiger partial charge in [-0.25, -0.2) is 4.98 Å². The number of nitrogens with zero attached hydrogens (tertiary/aromatic N) is 1. The number of aryl methyl sites for hydroxylation is 1. The topological polar surface area (TPSA) is 26.0 Å². The normalized spacial score (nSPS) is 10.7. The van der Waals surface area contributed by atoms with Gasteiger partial charge in [-0.2, -0.15) is 0 Å². The Kier molecular flexibility index (Phi) is 5.65. The molecular weight excluding hydrogens is 318 g/mol. The molecule has 2 heteroatoms. The average molecular weight is 341 g/mol. The molecule has 4 aromatic rings. The number of hydrogen-bond donors (Lipinski definition) is 0. The Morgan fingerprint density at radius 2 is 1.50 bits per heavy atom. The van der Waals surface area contributed by atoms with Crippen molar-refractivity contribution < 1.29 is 4.42 Å². The van der Waals surface area contributed by atoms with E-state index in [4.69, 9.17) is 4.42 Å². The highest BCUT2D eigenvalue weighted by Gasteiger charge is 2.05. The third-order valence-corrected chi connectivity index (χ3v) is 4.01. The van der Waals surface area contributed by atoms with Crippen molar-refractivity contribution in [3.8, 4) is 11.1 Å². The molecule has 0 unspecified atom stereocenters. The number of oxazole rings is 1. The monoisotopic (exact) mass is 341 g/mol. The predicted molar refractivity (Wildman–Crippen MR) is 111 cm³/mol. The zero-order chi connectivity index (χ0) is 18.4. The van der Waals surface area contributed by atoms with Crippen LogP contribution in [-0.4, -0.2) is 4.98 Å². The lowest BCUT2D eigenvalue weighted by Crippen LogP contribution is -1.77. The Labute approximate surface area is 154 Å². The van der Waals surface area contributed by atoms with E-state index in [2.05, 4.69) is 60.4 Å². The maximum Gasteiger partial charge on any atom is 0.220 e. The SMILES string of the molecule is CC.Cc1ccc(/C=C/c2nc3cc(-c4ccccc4)ccc3o2)cc1. The van der Waals surface area contributed by atoms with Crippen LogP contribution in [-0.2, 0) is 0 Å². The van der Waals surface area contributed by atoms with E-state index < -0.39 is 0 Å². The first-order valence-corrected chi connectivity index (χ1v) is 8.99. The summed E-state index contributed by atoms with van der Waals surface area (Å²) in [4.78, 5) is 4.58. The molecule has 0 bridgehead atoms. The first-order chi connectivity index (χ1) is 12.8. The van der Waals surface area contributed by atoms with Gasteiger partial charge in [0, 0.05) is 6.08 Å². The van der Waals surface area contributed by atoms with E-state index in [1.54, 1.807) is 0 Å². The third kappa shape index (κ3) is 4.09. The Morgan fingerprint density at radius 3 is 2.23 bits per heavy atom. The first kappa shape index (κ1) is 17.7. The summed E-state index contributed by atoms with van der Waals surface area (Å²) in [5, 5.41) is 0. The minimum atomic E-state index is 0.621. The van der Waals surface area contributed by atoms with Gasteiger partial charge in [-0.1, -0.05) is 80.1 Å². The van der Waals surface area contributed by atoms with E-state index >= 15 is 0 Å². The highest BCUT2D eigenvalue weighted by Crippen LogP contribution is 2.25. The molecule has 1 aromatic heterocycles. The summed E-state index contributed by atoms with van der Waals surface area (Å²) in [6.45, 7) is 6.08. The average Bonchev–Trinajstić information content (AvgIpc) is 3.12. The van der Waals surface area contributed by atoms with E-state index in [-0.39, 0.29) is 0 Å². The summed E-state index contributed by atoms with van der Waals surface area (Å²) in [7, 11) is 0. The van der Waals surface area contributed by atoms with E-state index in [0.29, 0.717) is 5.89 Å². The summed E-state index contributed by atoms with van der Waals surface area (Å²) in [5.41, 5.74) is 6.39. The zero-order valence-electron chi connectivity index (χ0n) is 15.4. The minimum absolute atomic E-state index is 0.621. The largest absolute Gasteiger partial charge is 0.437 e. The lowest BCUT2D eigenvalue weighted by molar-refractivity contribution is 0.590. The van der Waals surface area contributed by atoms with Crippen LogP contribution in [0, 0.1) is 6.92 Å². The Balaban J connectivity index is 0.000000948. The molecule has 0 saturated carbocycles. The molecule has 0 atom stereocenters. The van der Waals surface area contributed by atoms with Crippen LogP contribution in [0.5, 0.6) is 0 Å². The summed E-state index contributed by atoms with van der Waals surface area (Å²) < 4.78 is 5.81. The van der Waals surface area contributed by atoms with Crippen molar-refractivity contribution in [1.29, 1.82) is 0 Å². The number of benzene rings is 3. The van der Waals surface area contributed by atoms with Crippen LogP contribution in [0.1, 0.15) is 30.9 Å². The highest BCUT2D eigenvalue weighted by atomic mass is 16.3. The molecule has 26 heavy (non-hydrogen) atoms. The molecule has 0 amide bonds. The molecule has 0 aliphatic rings. The predicted octanol–water partition coefficient (Wildman–Crippen LogP) is 7.00. The summed E-state index contributed by atoms with van der Waals surface area (Å²) in [6, 6.07) is 24.8. The van der Waals surface area contributed by atoms with Gasteiger partial charge in [0.2, 0.25) is 5.89 Å². The van der Waals surface area contributed by atoms with Crippen LogP contribution in [0.3, 0.4) is 0 Å². The van der Waals surface area contributed by atoms with Crippen LogP contribution < -0.4 is 0 Å². The molecule has 0 N–H and O–H groups in total. The van der Waals surface area contributed by atoms with Crippen LogP contribution in [0.2, 0.25) is 0 Å². The third-order valence-electron chi connectivity index (χ3n) is 4.01. The molecule has 0 saturated heterocycles. The summed E-state index contributed by atoms with van der Waals surface area (Å²) in [6.07, 6.45) is 3.93. The summed E-state index contributed by atoms with van der Waals surface area (Å²) in [5.74, 6) is 0.621. The van der Waals surface area contributed by atoms with Crippen molar-refractivity contribution in [3.05, 3.63) is 89.8 Å². The Bertz CT molecular complexity index is 996. The molecular formula is C24H23NO. The van der Waals surface area contributed by atoms with Gasteiger partial charge in [0.05, 0.1) is 0 Å². The molecule has 130 valence electrons. The molecule has 1 heterocycles. The van der Waals surface area contributed by atoms with Gasteiger partial charge in [-0.15, -0.1) is 0 Å². The fourth-order valence-electron chi connectivity index (χ4n) is 2.67. The van der Waals surface area contributed by atoms with Crippen molar-refractivity contribution in [2.24, 2.45) is 0 Å². The number of hydrogen-bond acceptors (Lipinski definition) is 2. The van der Waals surface area contributed by atoms with Crippen molar-refractivity contribution in [2.45, 2.75) is 20.8 Å². The fraction of sp³-hybridized carbons (Fsp3) is 0.125. The van der Waals surface area contributed by atoms with Gasteiger partial charge in [0.1, 0.15) is 5.52 Å². The maximum absolute atomic E-state index is 5.81. The fourth-order valence-corrected chi connectivity index (χ4v) is 2.67. The quantitative estimate of drug-likeness (QED) is 0.401. The number of fused-ring (bicyclic) bond motifs is 1. The van der Waals surface area contributed by atoms with Crippen molar-refractivity contribution in [1.82, 2.24) is 4.98 Å². The van der Waals surface area contributed by atoms with Gasteiger partial charge < -0.3 is 4.42 Å². The standard InChI is InChI=1S/C22H17NO.C2H6/c1-16-7-9-17(10-8-16)11-14-22-23-20-15-19(12-13-21(20)24-22)18-5-3-2-4-6-18;1-2/h2-15H,1H3;1-2H3/b14-11+;. The smallest absolute Gasteiger partial charge is 0.220 e. The van der Waals surface area contributed by atoms with Gasteiger partial charge >= 0.3 is 0 Å². The van der Waals surface area contributed by atoms with Crippen LogP contribution in [0.25, 0.3) is 34.4 Å². The van der Waals surface area contributed by atoms with Gasteiger partial charge in [-0.05, 0) is 41.8 Å². The molecule has 2 nitrogen and oxygen atoms in total. The minimum Gasteiger partial charge on any atom is -0.437 e. The van der Waals surface area contributed by atoms with E-state index in [0.717, 1.165) is 22.2 Å². The maximum atomic E-state index is 5.81. The molecule has 0 aliphatic carbocycles.